The van der Waals surface area contributed by atoms with Gasteiger partial charge in [-0.2, -0.15) is 0 Å². The fourth-order valence-corrected chi connectivity index (χ4v) is 2.06. The van der Waals surface area contributed by atoms with E-state index < -0.39 is 0 Å². The van der Waals surface area contributed by atoms with E-state index in [4.69, 9.17) is 0 Å². The van der Waals surface area contributed by atoms with Gasteiger partial charge >= 0.3 is 0 Å². The second-order valence-corrected chi connectivity index (χ2v) is 4.07. The van der Waals surface area contributed by atoms with Crippen LogP contribution in [-0.2, 0) is 4.79 Å². The third kappa shape index (κ3) is 2.71. The second-order valence-electron chi connectivity index (χ2n) is 4.07. The van der Waals surface area contributed by atoms with Gasteiger partial charge in [-0.15, -0.1) is 0 Å². The van der Waals surface area contributed by atoms with Gasteiger partial charge in [0.25, 0.3) is 0 Å². The maximum absolute atomic E-state index is 11.6. The topological polar surface area (TPSA) is 23.6 Å². The normalized spacial score (nSPS) is 23.9. The molecule has 3 heteroatoms. The summed E-state index contributed by atoms with van der Waals surface area (Å²) in [6, 6.07) is 0.523. The number of likely N-dealkylation sites (N-methyl/N-ethyl adjacent to an activating group) is 1. The summed E-state index contributed by atoms with van der Waals surface area (Å²) in [5.41, 5.74) is 0. The molecule has 0 aliphatic carbocycles. The van der Waals surface area contributed by atoms with E-state index in [0.717, 1.165) is 32.6 Å². The first-order valence-electron chi connectivity index (χ1n) is 5.70. The largest absolute Gasteiger partial charge is 0.340 e. The summed E-state index contributed by atoms with van der Waals surface area (Å²) in [7, 11) is 0. The number of hydrogen-bond acceptors (Lipinski definition) is 2. The minimum absolute atomic E-state index is 0.329. The van der Waals surface area contributed by atoms with Crippen molar-refractivity contribution >= 4 is 5.91 Å². The van der Waals surface area contributed by atoms with E-state index in [-0.39, 0.29) is 0 Å². The van der Waals surface area contributed by atoms with Crippen LogP contribution in [0.3, 0.4) is 0 Å². The Bertz CT molecular complexity index is 194. The maximum atomic E-state index is 11.6. The van der Waals surface area contributed by atoms with Crippen LogP contribution in [0.2, 0.25) is 0 Å². The average Bonchev–Trinajstić information content (AvgIpc) is 2.18. The van der Waals surface area contributed by atoms with Crippen molar-refractivity contribution in [2.45, 2.75) is 39.7 Å². The molecule has 1 amide bonds. The first-order valence-corrected chi connectivity index (χ1v) is 5.70. The van der Waals surface area contributed by atoms with Crippen LogP contribution < -0.4 is 0 Å². The summed E-state index contributed by atoms with van der Waals surface area (Å²) in [5, 5.41) is 0. The van der Waals surface area contributed by atoms with Gasteiger partial charge in [0.15, 0.2) is 0 Å². The molecule has 0 radical (unpaired) electrons. The maximum Gasteiger partial charge on any atom is 0.222 e. The number of amides is 1. The van der Waals surface area contributed by atoms with E-state index in [1.165, 1.54) is 0 Å². The second kappa shape index (κ2) is 5.35. The smallest absolute Gasteiger partial charge is 0.222 e. The molecule has 1 rings (SSSR count). The monoisotopic (exact) mass is 198 g/mol. The summed E-state index contributed by atoms with van der Waals surface area (Å²) in [6.07, 6.45) is 1.67. The van der Waals surface area contributed by atoms with Crippen LogP contribution in [0.15, 0.2) is 0 Å². The first-order chi connectivity index (χ1) is 6.69. The summed E-state index contributed by atoms with van der Waals surface area (Å²) >= 11 is 0. The lowest BCUT2D eigenvalue weighted by Gasteiger charge is -2.39. The molecule has 0 N–H and O–H groups in total. The quantitative estimate of drug-likeness (QED) is 0.683. The summed E-state index contributed by atoms with van der Waals surface area (Å²) in [4.78, 5) is 16.1. The Morgan fingerprint density at radius 3 is 2.57 bits per heavy atom. The van der Waals surface area contributed by atoms with E-state index in [1.807, 2.05) is 4.90 Å². The lowest BCUT2D eigenvalue weighted by Crippen LogP contribution is -2.53. The van der Waals surface area contributed by atoms with Crippen molar-refractivity contribution in [3.05, 3.63) is 0 Å². The fourth-order valence-electron chi connectivity index (χ4n) is 2.06. The van der Waals surface area contributed by atoms with Gasteiger partial charge in [-0.3, -0.25) is 9.69 Å². The van der Waals surface area contributed by atoms with Crippen molar-refractivity contribution in [1.82, 2.24) is 9.80 Å². The highest BCUT2D eigenvalue weighted by atomic mass is 16.2. The van der Waals surface area contributed by atoms with Crippen LogP contribution in [0.5, 0.6) is 0 Å². The lowest BCUT2D eigenvalue weighted by molar-refractivity contribution is -0.134. The Hall–Kier alpha value is -0.570. The number of nitrogens with zero attached hydrogens (tertiary/aromatic N) is 2. The van der Waals surface area contributed by atoms with Crippen molar-refractivity contribution in [3.8, 4) is 0 Å². The van der Waals surface area contributed by atoms with Crippen LogP contribution in [0.25, 0.3) is 0 Å². The molecule has 0 unspecified atom stereocenters. The van der Waals surface area contributed by atoms with Crippen LogP contribution in [0, 0.1) is 0 Å². The molecule has 1 saturated heterocycles. The van der Waals surface area contributed by atoms with E-state index in [1.54, 1.807) is 0 Å². The van der Waals surface area contributed by atoms with Crippen molar-refractivity contribution in [1.29, 1.82) is 0 Å². The standard InChI is InChI=1S/C11H22N2O/c1-4-6-11(14)13-8-7-12(5-2)10(3)9-13/h10H,4-9H2,1-3H3/t10-/m1/s1. The minimum atomic E-state index is 0.329. The molecule has 0 bridgehead atoms. The van der Waals surface area contributed by atoms with E-state index >= 15 is 0 Å². The average molecular weight is 198 g/mol. The molecule has 14 heavy (non-hydrogen) atoms. The third-order valence-corrected chi connectivity index (χ3v) is 2.99. The molecule has 0 saturated carbocycles. The number of carbonyl (C=O) groups is 1. The van der Waals surface area contributed by atoms with Crippen LogP contribution in [-0.4, -0.2) is 47.9 Å². The highest BCUT2D eigenvalue weighted by Gasteiger charge is 2.24. The minimum Gasteiger partial charge on any atom is -0.340 e. The molecule has 3 nitrogen and oxygen atoms in total. The number of carbonyl (C=O) groups excluding carboxylic acids is 1. The van der Waals surface area contributed by atoms with Gasteiger partial charge in [0, 0.05) is 32.1 Å². The molecular formula is C11H22N2O. The Morgan fingerprint density at radius 2 is 2.07 bits per heavy atom. The SMILES string of the molecule is CCCC(=O)N1CCN(CC)[C@H](C)C1. The third-order valence-electron chi connectivity index (χ3n) is 2.99. The highest BCUT2D eigenvalue weighted by Crippen LogP contribution is 2.10. The van der Waals surface area contributed by atoms with Crippen LogP contribution in [0.4, 0.5) is 0 Å². The molecule has 1 fully saturated rings. The Labute approximate surface area is 87.1 Å². The molecule has 1 heterocycles. The van der Waals surface area contributed by atoms with Crippen LogP contribution >= 0.6 is 0 Å². The fraction of sp³-hybridized carbons (Fsp3) is 0.909. The summed E-state index contributed by atoms with van der Waals surface area (Å²) in [5.74, 6) is 0.329. The van der Waals surface area contributed by atoms with Gasteiger partial charge in [-0.05, 0) is 19.9 Å². The van der Waals surface area contributed by atoms with Crippen LogP contribution in [0.1, 0.15) is 33.6 Å². The molecule has 82 valence electrons. The molecule has 0 aromatic heterocycles. The molecule has 1 aliphatic rings. The zero-order chi connectivity index (χ0) is 10.6. The molecule has 0 aromatic rings. The molecule has 1 aliphatic heterocycles. The highest BCUT2D eigenvalue weighted by molar-refractivity contribution is 5.76. The Morgan fingerprint density at radius 1 is 1.36 bits per heavy atom. The van der Waals surface area contributed by atoms with Gasteiger partial charge < -0.3 is 4.90 Å². The van der Waals surface area contributed by atoms with E-state index in [2.05, 4.69) is 25.7 Å². The number of hydrogen-bond donors (Lipinski definition) is 0. The van der Waals surface area contributed by atoms with E-state index in [0.29, 0.717) is 18.4 Å². The van der Waals surface area contributed by atoms with Gasteiger partial charge in [-0.25, -0.2) is 0 Å². The van der Waals surface area contributed by atoms with Crippen molar-refractivity contribution in [3.63, 3.8) is 0 Å². The van der Waals surface area contributed by atoms with Gasteiger partial charge in [0.2, 0.25) is 5.91 Å². The zero-order valence-electron chi connectivity index (χ0n) is 9.62. The number of piperazine rings is 1. The molecule has 0 spiro atoms. The Kier molecular flexibility index (Phi) is 4.39. The van der Waals surface area contributed by atoms with E-state index in [9.17, 15) is 4.79 Å². The summed E-state index contributed by atoms with van der Waals surface area (Å²) < 4.78 is 0. The van der Waals surface area contributed by atoms with Crippen molar-refractivity contribution < 1.29 is 4.79 Å². The van der Waals surface area contributed by atoms with Gasteiger partial charge in [0.1, 0.15) is 0 Å². The van der Waals surface area contributed by atoms with Crippen molar-refractivity contribution in [2.24, 2.45) is 0 Å². The lowest BCUT2D eigenvalue weighted by atomic mass is 10.1. The van der Waals surface area contributed by atoms with Crippen molar-refractivity contribution in [2.75, 3.05) is 26.2 Å². The Balaban J connectivity index is 2.41. The van der Waals surface area contributed by atoms with Gasteiger partial charge in [0.05, 0.1) is 0 Å². The first kappa shape index (κ1) is 11.5. The summed E-state index contributed by atoms with van der Waals surface area (Å²) in [6.45, 7) is 10.4. The zero-order valence-corrected chi connectivity index (χ0v) is 9.62. The molecule has 1 atom stereocenters. The predicted molar refractivity (Wildman–Crippen MR) is 58.2 cm³/mol. The number of rotatable bonds is 3. The molecular weight excluding hydrogens is 176 g/mol. The van der Waals surface area contributed by atoms with Gasteiger partial charge in [-0.1, -0.05) is 13.8 Å². The predicted octanol–water partition coefficient (Wildman–Crippen LogP) is 1.34. The molecule has 0 aromatic carbocycles.